The van der Waals surface area contributed by atoms with E-state index in [2.05, 4.69) is 12.1 Å². The van der Waals surface area contributed by atoms with Gasteiger partial charge in [0.15, 0.2) is 0 Å². The van der Waals surface area contributed by atoms with Crippen LogP contribution in [0.5, 0.6) is 0 Å². The number of hydrogen-bond acceptors (Lipinski definition) is 2. The molecule has 13 heavy (non-hydrogen) atoms. The van der Waals surface area contributed by atoms with Crippen LogP contribution in [0.1, 0.15) is 18.4 Å². The third kappa shape index (κ3) is 6.05. The van der Waals surface area contributed by atoms with Gasteiger partial charge < -0.3 is 9.90 Å². The van der Waals surface area contributed by atoms with E-state index < -0.39 is 0 Å². The molecule has 0 bridgehead atoms. The van der Waals surface area contributed by atoms with Crippen LogP contribution < -0.4 is 0 Å². The van der Waals surface area contributed by atoms with Gasteiger partial charge in [0.05, 0.1) is 0 Å². The van der Waals surface area contributed by atoms with Gasteiger partial charge in [0.1, 0.15) is 6.29 Å². The number of unbranched alkanes of at least 4 members (excludes halogenated alkanes) is 1. The smallest absolute Gasteiger partial charge is 0.120 e. The van der Waals surface area contributed by atoms with Gasteiger partial charge in [0.25, 0.3) is 0 Å². The first kappa shape index (κ1) is 11.8. The zero-order valence-corrected chi connectivity index (χ0v) is 7.94. The second kappa shape index (κ2) is 8.94. The quantitative estimate of drug-likeness (QED) is 0.567. The number of aldehydes is 1. The molecule has 0 atom stereocenters. The van der Waals surface area contributed by atoms with Crippen molar-refractivity contribution in [3.63, 3.8) is 0 Å². The van der Waals surface area contributed by atoms with Gasteiger partial charge in [-0.3, -0.25) is 0 Å². The zero-order valence-electron chi connectivity index (χ0n) is 7.94. The van der Waals surface area contributed by atoms with Crippen LogP contribution in [0.3, 0.4) is 0 Å². The Kier molecular flexibility index (Phi) is 8.15. The fourth-order valence-electron chi connectivity index (χ4n) is 1.03. The molecule has 1 aromatic carbocycles. The van der Waals surface area contributed by atoms with Crippen LogP contribution in [0, 0.1) is 0 Å². The topological polar surface area (TPSA) is 37.3 Å². The standard InChI is InChI=1S/C10H12O.CH4O/c11-9-5-4-8-10-6-2-1-3-7-10;1-2/h1-3,6-7,9H,4-5,8H2;2H,1H3. The summed E-state index contributed by atoms with van der Waals surface area (Å²) >= 11 is 0. The van der Waals surface area contributed by atoms with E-state index in [1.807, 2.05) is 18.2 Å². The molecule has 0 unspecified atom stereocenters. The number of carbonyl (C=O) groups is 1. The Bertz CT molecular complexity index is 207. The largest absolute Gasteiger partial charge is 0.400 e. The first-order valence-electron chi connectivity index (χ1n) is 4.36. The van der Waals surface area contributed by atoms with Crippen molar-refractivity contribution in [2.24, 2.45) is 0 Å². The Morgan fingerprint density at radius 3 is 2.38 bits per heavy atom. The van der Waals surface area contributed by atoms with Gasteiger partial charge in [-0.15, -0.1) is 0 Å². The monoisotopic (exact) mass is 180 g/mol. The molecule has 2 heteroatoms. The third-order valence-electron chi connectivity index (χ3n) is 1.63. The van der Waals surface area contributed by atoms with Crippen molar-refractivity contribution < 1.29 is 9.90 Å². The number of benzene rings is 1. The van der Waals surface area contributed by atoms with Gasteiger partial charge in [0.2, 0.25) is 0 Å². The minimum absolute atomic E-state index is 0.675. The third-order valence-corrected chi connectivity index (χ3v) is 1.63. The second-order valence-electron chi connectivity index (χ2n) is 2.54. The van der Waals surface area contributed by atoms with E-state index in [1.165, 1.54) is 5.56 Å². The molecule has 0 saturated carbocycles. The van der Waals surface area contributed by atoms with Crippen LogP contribution in [-0.4, -0.2) is 18.5 Å². The number of aliphatic hydroxyl groups is 1. The first-order chi connectivity index (χ1) is 6.43. The lowest BCUT2D eigenvalue weighted by Gasteiger charge is -1.96. The molecule has 72 valence electrons. The highest BCUT2D eigenvalue weighted by Gasteiger charge is 1.89. The van der Waals surface area contributed by atoms with E-state index in [4.69, 9.17) is 5.11 Å². The Morgan fingerprint density at radius 2 is 1.85 bits per heavy atom. The fourth-order valence-corrected chi connectivity index (χ4v) is 1.03. The Balaban J connectivity index is 0.000000671. The van der Waals surface area contributed by atoms with E-state index >= 15 is 0 Å². The Hall–Kier alpha value is -1.15. The van der Waals surface area contributed by atoms with Gasteiger partial charge in [-0.2, -0.15) is 0 Å². The van der Waals surface area contributed by atoms with Crippen molar-refractivity contribution in [1.29, 1.82) is 0 Å². The summed E-state index contributed by atoms with van der Waals surface area (Å²) < 4.78 is 0. The molecule has 0 spiro atoms. The van der Waals surface area contributed by atoms with Crippen molar-refractivity contribution in [3.05, 3.63) is 35.9 Å². The van der Waals surface area contributed by atoms with Crippen LogP contribution in [0.15, 0.2) is 30.3 Å². The predicted molar refractivity (Wildman–Crippen MR) is 53.6 cm³/mol. The summed E-state index contributed by atoms with van der Waals surface area (Å²) in [5.74, 6) is 0. The van der Waals surface area contributed by atoms with E-state index in [-0.39, 0.29) is 0 Å². The normalized spacial score (nSPS) is 8.46. The van der Waals surface area contributed by atoms with Gasteiger partial charge >= 0.3 is 0 Å². The molecule has 0 fully saturated rings. The molecule has 0 aliphatic carbocycles. The van der Waals surface area contributed by atoms with Crippen molar-refractivity contribution >= 4 is 6.29 Å². The molecule has 0 radical (unpaired) electrons. The summed E-state index contributed by atoms with van der Waals surface area (Å²) in [6, 6.07) is 10.2. The number of hydrogen-bond donors (Lipinski definition) is 1. The Labute approximate surface area is 79.2 Å². The van der Waals surface area contributed by atoms with E-state index in [0.717, 1.165) is 26.2 Å². The molecule has 2 nitrogen and oxygen atoms in total. The van der Waals surface area contributed by atoms with E-state index in [0.29, 0.717) is 6.42 Å². The van der Waals surface area contributed by atoms with Crippen molar-refractivity contribution in [2.45, 2.75) is 19.3 Å². The summed E-state index contributed by atoms with van der Waals surface area (Å²) in [5, 5.41) is 7.00. The highest BCUT2D eigenvalue weighted by Crippen LogP contribution is 2.02. The van der Waals surface area contributed by atoms with Crippen LogP contribution >= 0.6 is 0 Å². The number of rotatable bonds is 4. The van der Waals surface area contributed by atoms with Gasteiger partial charge in [-0.25, -0.2) is 0 Å². The Morgan fingerprint density at radius 1 is 1.23 bits per heavy atom. The maximum Gasteiger partial charge on any atom is 0.120 e. The molecule has 0 saturated heterocycles. The van der Waals surface area contributed by atoms with Crippen molar-refractivity contribution in [2.75, 3.05) is 7.11 Å². The summed E-state index contributed by atoms with van der Waals surface area (Å²) in [4.78, 5) is 10.00. The van der Waals surface area contributed by atoms with Crippen LogP contribution in [0.2, 0.25) is 0 Å². The average molecular weight is 180 g/mol. The molecule has 1 N–H and O–H groups in total. The minimum atomic E-state index is 0.675. The van der Waals surface area contributed by atoms with E-state index in [1.54, 1.807) is 0 Å². The van der Waals surface area contributed by atoms with Crippen LogP contribution in [0.4, 0.5) is 0 Å². The molecule has 1 rings (SSSR count). The maximum absolute atomic E-state index is 10.00. The van der Waals surface area contributed by atoms with Crippen LogP contribution in [0.25, 0.3) is 0 Å². The molecule has 0 aliphatic heterocycles. The van der Waals surface area contributed by atoms with E-state index in [9.17, 15) is 4.79 Å². The average Bonchev–Trinajstić information content (AvgIpc) is 2.23. The second-order valence-corrected chi connectivity index (χ2v) is 2.54. The van der Waals surface area contributed by atoms with Crippen molar-refractivity contribution in [3.8, 4) is 0 Å². The molecular weight excluding hydrogens is 164 g/mol. The summed E-state index contributed by atoms with van der Waals surface area (Å²) in [5.41, 5.74) is 1.31. The van der Waals surface area contributed by atoms with Gasteiger partial charge in [0, 0.05) is 13.5 Å². The van der Waals surface area contributed by atoms with Crippen molar-refractivity contribution in [1.82, 2.24) is 0 Å². The molecule has 0 aromatic heterocycles. The highest BCUT2D eigenvalue weighted by atomic mass is 16.2. The SMILES string of the molecule is CO.O=CCCCc1ccccc1. The lowest BCUT2D eigenvalue weighted by Crippen LogP contribution is -1.84. The molecule has 0 aliphatic rings. The number of aryl methyl sites for hydroxylation is 1. The molecular formula is C11H16O2. The fraction of sp³-hybridized carbons (Fsp3) is 0.364. The summed E-state index contributed by atoms with van der Waals surface area (Å²) in [7, 11) is 1.00. The number of aliphatic hydroxyl groups excluding tert-OH is 1. The highest BCUT2D eigenvalue weighted by molar-refractivity contribution is 5.49. The lowest BCUT2D eigenvalue weighted by molar-refractivity contribution is -0.107. The molecule has 1 aromatic rings. The predicted octanol–water partition coefficient (Wildman–Crippen LogP) is 1.82. The van der Waals surface area contributed by atoms with Gasteiger partial charge in [-0.05, 0) is 18.4 Å². The van der Waals surface area contributed by atoms with Gasteiger partial charge in [-0.1, -0.05) is 30.3 Å². The molecule has 0 heterocycles. The maximum atomic E-state index is 10.00. The molecule has 0 amide bonds. The zero-order chi connectivity index (χ0) is 9.94. The lowest BCUT2D eigenvalue weighted by atomic mass is 10.1. The van der Waals surface area contributed by atoms with Crippen LogP contribution in [-0.2, 0) is 11.2 Å². The number of carbonyl (C=O) groups excluding carboxylic acids is 1. The summed E-state index contributed by atoms with van der Waals surface area (Å²) in [6.07, 6.45) is 3.63. The minimum Gasteiger partial charge on any atom is -0.400 e. The summed E-state index contributed by atoms with van der Waals surface area (Å²) in [6.45, 7) is 0. The first-order valence-corrected chi connectivity index (χ1v) is 4.36.